The molecule has 10 heteroatoms. The van der Waals surface area contributed by atoms with E-state index in [2.05, 4.69) is 39.5 Å². The zero-order valence-electron chi connectivity index (χ0n) is 20.6. The lowest BCUT2D eigenvalue weighted by molar-refractivity contribution is 0.0938. The smallest absolute Gasteiger partial charge is 0.260 e. The van der Waals surface area contributed by atoms with Crippen LogP contribution in [0.4, 0.5) is 5.69 Å². The number of methoxy groups -OCH3 is 1. The topological polar surface area (TPSA) is 101 Å². The second-order valence-electron chi connectivity index (χ2n) is 9.27. The molecule has 0 atom stereocenters. The average molecular weight is 497 g/mol. The van der Waals surface area contributed by atoms with Crippen molar-refractivity contribution >= 4 is 39.7 Å². The van der Waals surface area contributed by atoms with Gasteiger partial charge in [-0.1, -0.05) is 6.08 Å². The first-order valence-corrected chi connectivity index (χ1v) is 12.5. The number of carbonyl (C=O) groups is 2. The van der Waals surface area contributed by atoms with Crippen LogP contribution in [0.1, 0.15) is 58.0 Å². The van der Waals surface area contributed by atoms with E-state index in [0.717, 1.165) is 22.8 Å². The number of nitrogens with one attached hydrogen (secondary N) is 2. The summed E-state index contributed by atoms with van der Waals surface area (Å²) in [5.74, 6) is -0.503. The molecule has 0 radical (unpaired) electrons. The Balaban J connectivity index is 1.41. The van der Waals surface area contributed by atoms with Crippen molar-refractivity contribution in [3.8, 4) is 0 Å². The number of likely N-dealkylation sites (tertiary alicyclic amines) is 1. The molecule has 1 aliphatic heterocycles. The highest BCUT2D eigenvalue weighted by Gasteiger charge is 2.31. The minimum atomic E-state index is -0.298. The number of hydrogen-bond acceptors (Lipinski definition) is 7. The van der Waals surface area contributed by atoms with Gasteiger partial charge in [-0.25, -0.2) is 4.52 Å². The molecular weight excluding hydrogens is 464 g/mol. The number of hydrogen-bond donors (Lipinski definition) is 2. The lowest BCUT2D eigenvalue weighted by atomic mass is 10.0. The monoisotopic (exact) mass is 496 g/mol. The molecule has 0 unspecified atom stereocenters. The van der Waals surface area contributed by atoms with Crippen molar-refractivity contribution in [3.63, 3.8) is 0 Å². The van der Waals surface area contributed by atoms with Crippen LogP contribution >= 0.6 is 11.3 Å². The highest BCUT2D eigenvalue weighted by molar-refractivity contribution is 7.18. The van der Waals surface area contributed by atoms with Gasteiger partial charge in [-0.15, -0.1) is 11.3 Å². The molecule has 35 heavy (non-hydrogen) atoms. The third-order valence-electron chi connectivity index (χ3n) is 6.34. The van der Waals surface area contributed by atoms with Crippen molar-refractivity contribution in [3.05, 3.63) is 52.4 Å². The predicted molar refractivity (Wildman–Crippen MR) is 138 cm³/mol. The number of fused-ring (bicyclic) bond motifs is 1. The molecule has 0 spiro atoms. The van der Waals surface area contributed by atoms with Crippen LogP contribution in [0, 0.1) is 6.92 Å². The van der Waals surface area contributed by atoms with Crippen LogP contribution in [-0.4, -0.2) is 70.2 Å². The second kappa shape index (κ2) is 10.7. The number of carbonyl (C=O) groups excluding carboxylic acids is 2. The first-order valence-electron chi connectivity index (χ1n) is 11.7. The van der Waals surface area contributed by atoms with E-state index < -0.39 is 0 Å². The first kappa shape index (κ1) is 25.0. The number of aromatic nitrogens is 3. The molecule has 1 fully saturated rings. The van der Waals surface area contributed by atoms with Crippen LogP contribution in [0.25, 0.3) is 10.9 Å². The van der Waals surface area contributed by atoms with E-state index in [9.17, 15) is 9.59 Å². The lowest BCUT2D eigenvalue weighted by Crippen LogP contribution is -2.43. The highest BCUT2D eigenvalue weighted by Crippen LogP contribution is 2.27. The number of rotatable bonds is 9. The minimum absolute atomic E-state index is 0.177. The summed E-state index contributed by atoms with van der Waals surface area (Å²) in [6, 6.07) is 1.67. The van der Waals surface area contributed by atoms with Gasteiger partial charge in [-0.05, 0) is 52.3 Å². The zero-order valence-corrected chi connectivity index (χ0v) is 21.4. The van der Waals surface area contributed by atoms with Gasteiger partial charge in [0.05, 0.1) is 35.3 Å². The van der Waals surface area contributed by atoms with Gasteiger partial charge in [-0.3, -0.25) is 19.5 Å². The fourth-order valence-electron chi connectivity index (χ4n) is 4.25. The largest absolute Gasteiger partial charge is 0.381 e. The van der Waals surface area contributed by atoms with E-state index in [0.29, 0.717) is 35.7 Å². The SMILES string of the molecule is COC/C=C/c1cn2ncc(C(=O)Nc3cc(C(=O)NCCN4CCCC4(C)C)cnc3C)c2s1. The maximum Gasteiger partial charge on any atom is 0.260 e. The molecule has 9 nitrogen and oxygen atoms in total. The van der Waals surface area contributed by atoms with E-state index in [1.807, 2.05) is 18.3 Å². The van der Waals surface area contributed by atoms with E-state index in [4.69, 9.17) is 4.74 Å². The number of nitrogens with zero attached hydrogens (tertiary/aromatic N) is 4. The zero-order chi connectivity index (χ0) is 25.0. The summed E-state index contributed by atoms with van der Waals surface area (Å²) in [6.45, 7) is 9.22. The molecule has 4 heterocycles. The van der Waals surface area contributed by atoms with Crippen LogP contribution in [0.15, 0.2) is 30.7 Å². The Bertz CT molecular complexity index is 1250. The molecule has 4 rings (SSSR count). The molecule has 3 aromatic rings. The van der Waals surface area contributed by atoms with Crippen molar-refractivity contribution in [2.24, 2.45) is 0 Å². The van der Waals surface area contributed by atoms with Gasteiger partial charge in [0.1, 0.15) is 4.83 Å². The van der Waals surface area contributed by atoms with Gasteiger partial charge < -0.3 is 15.4 Å². The Labute approximate surface area is 209 Å². The third-order valence-corrected chi connectivity index (χ3v) is 7.42. The molecule has 186 valence electrons. The van der Waals surface area contributed by atoms with Crippen LogP contribution < -0.4 is 10.6 Å². The minimum Gasteiger partial charge on any atom is -0.381 e. The molecule has 2 amide bonds. The van der Waals surface area contributed by atoms with E-state index in [-0.39, 0.29) is 17.4 Å². The molecule has 0 saturated carbocycles. The van der Waals surface area contributed by atoms with Gasteiger partial charge >= 0.3 is 0 Å². The summed E-state index contributed by atoms with van der Waals surface area (Å²) in [7, 11) is 1.64. The summed E-state index contributed by atoms with van der Waals surface area (Å²) in [6.07, 6.45) is 11.1. The molecule has 1 saturated heterocycles. The number of thiazole rings is 1. The number of pyridine rings is 1. The second-order valence-corrected chi connectivity index (χ2v) is 10.3. The number of aryl methyl sites for hydroxylation is 1. The Hall–Kier alpha value is -3.08. The summed E-state index contributed by atoms with van der Waals surface area (Å²) in [5, 5.41) is 10.2. The first-order chi connectivity index (χ1) is 16.8. The third kappa shape index (κ3) is 5.77. The van der Waals surface area contributed by atoms with Gasteiger partial charge in [0.2, 0.25) is 0 Å². The fraction of sp³-hybridized carbons (Fsp3) is 0.440. The summed E-state index contributed by atoms with van der Waals surface area (Å²) in [4.78, 5) is 34.2. The van der Waals surface area contributed by atoms with Gasteiger partial charge in [0.25, 0.3) is 11.8 Å². The number of amides is 2. The van der Waals surface area contributed by atoms with Crippen molar-refractivity contribution in [1.82, 2.24) is 24.8 Å². The molecule has 0 aliphatic carbocycles. The van der Waals surface area contributed by atoms with Crippen LogP contribution in [-0.2, 0) is 4.74 Å². The van der Waals surface area contributed by atoms with Crippen molar-refractivity contribution < 1.29 is 14.3 Å². The Kier molecular flexibility index (Phi) is 7.63. The quantitative estimate of drug-likeness (QED) is 0.469. The summed E-state index contributed by atoms with van der Waals surface area (Å²) < 4.78 is 6.72. The molecule has 0 aromatic carbocycles. The highest BCUT2D eigenvalue weighted by atomic mass is 32.1. The molecule has 3 aromatic heterocycles. The molecule has 2 N–H and O–H groups in total. The van der Waals surface area contributed by atoms with Gasteiger partial charge in [0.15, 0.2) is 0 Å². The molecule has 0 bridgehead atoms. The van der Waals surface area contributed by atoms with E-state index in [1.54, 1.807) is 30.8 Å². The predicted octanol–water partition coefficient (Wildman–Crippen LogP) is 3.62. The Morgan fingerprint density at radius 1 is 1.29 bits per heavy atom. The normalized spacial score (nSPS) is 15.8. The van der Waals surface area contributed by atoms with Gasteiger partial charge in [0, 0.05) is 43.0 Å². The van der Waals surface area contributed by atoms with Crippen molar-refractivity contribution in [2.75, 3.05) is 38.7 Å². The number of anilines is 1. The van der Waals surface area contributed by atoms with Crippen molar-refractivity contribution in [2.45, 2.75) is 39.2 Å². The Morgan fingerprint density at radius 3 is 2.86 bits per heavy atom. The standard InChI is InChI=1S/C25H32N6O3S/c1-17-21(13-18(14-27-17)22(32)26-9-11-30-10-6-8-25(30,2)3)29-23(33)20-15-28-31-16-19(35-24(20)31)7-5-12-34-4/h5,7,13-16H,6,8-12H2,1-4H3,(H,26,32)(H,29,33)/b7-5+. The van der Waals surface area contributed by atoms with Crippen LogP contribution in [0.5, 0.6) is 0 Å². The maximum atomic E-state index is 13.0. The molecular formula is C25H32N6O3S. The Morgan fingerprint density at radius 2 is 2.11 bits per heavy atom. The van der Waals surface area contributed by atoms with Crippen LogP contribution in [0.2, 0.25) is 0 Å². The number of ether oxygens (including phenoxy) is 1. The van der Waals surface area contributed by atoms with E-state index in [1.165, 1.54) is 30.4 Å². The maximum absolute atomic E-state index is 13.0. The van der Waals surface area contributed by atoms with Crippen LogP contribution in [0.3, 0.4) is 0 Å². The van der Waals surface area contributed by atoms with Crippen molar-refractivity contribution in [1.29, 1.82) is 0 Å². The summed E-state index contributed by atoms with van der Waals surface area (Å²) >= 11 is 1.46. The van der Waals surface area contributed by atoms with E-state index >= 15 is 0 Å². The lowest BCUT2D eigenvalue weighted by Gasteiger charge is -2.31. The fourth-order valence-corrected chi connectivity index (χ4v) is 5.24. The van der Waals surface area contributed by atoms with Gasteiger partial charge in [-0.2, -0.15) is 5.10 Å². The average Bonchev–Trinajstić information content (AvgIpc) is 3.49. The molecule has 1 aliphatic rings. The summed E-state index contributed by atoms with van der Waals surface area (Å²) in [5.41, 5.74) is 2.18.